The fraction of sp³-hybridized carbons (Fsp3) is 0.400. The molecule has 0 fully saturated rings. The van der Waals surface area contributed by atoms with Gasteiger partial charge in [-0.1, -0.05) is 12.1 Å². The van der Waals surface area contributed by atoms with Gasteiger partial charge in [-0.15, -0.1) is 0 Å². The maximum Gasteiger partial charge on any atom is 0.175 e. The molecule has 0 amide bonds. The topological polar surface area (TPSA) is 35.1 Å². The molecule has 1 unspecified atom stereocenters. The van der Waals surface area contributed by atoms with E-state index in [0.717, 1.165) is 35.7 Å². The molecule has 1 aromatic carbocycles. The lowest BCUT2D eigenvalue weighted by atomic mass is 10.3. The minimum Gasteiger partial charge on any atom is -0.611 e. The molecule has 1 aliphatic heterocycles. The largest absolute Gasteiger partial charge is 0.611 e. The lowest BCUT2D eigenvalue weighted by Crippen LogP contribution is -2.15. The van der Waals surface area contributed by atoms with Crippen LogP contribution in [0.2, 0.25) is 0 Å². The van der Waals surface area contributed by atoms with Crippen LogP contribution < -0.4 is 5.32 Å². The van der Waals surface area contributed by atoms with Crippen molar-refractivity contribution in [1.82, 2.24) is 0 Å². The van der Waals surface area contributed by atoms with Crippen molar-refractivity contribution in [1.29, 1.82) is 0 Å². The molecule has 2 nitrogen and oxygen atoms in total. The number of fused-ring (bicyclic) bond motifs is 1. The van der Waals surface area contributed by atoms with E-state index in [4.69, 9.17) is 0 Å². The van der Waals surface area contributed by atoms with Gasteiger partial charge in [-0.05, 0) is 36.2 Å². The van der Waals surface area contributed by atoms with Crippen molar-refractivity contribution in [3.8, 4) is 0 Å². The SMILES string of the molecule is [O-][S+]1CCCCNc2ccccc21. The highest BCUT2D eigenvalue weighted by Crippen LogP contribution is 2.24. The van der Waals surface area contributed by atoms with Crippen LogP contribution in [0.4, 0.5) is 5.69 Å². The summed E-state index contributed by atoms with van der Waals surface area (Å²) >= 11 is -0.806. The Labute approximate surface area is 81.5 Å². The molecule has 0 saturated heterocycles. The van der Waals surface area contributed by atoms with Crippen molar-refractivity contribution in [3.05, 3.63) is 24.3 Å². The maximum absolute atomic E-state index is 11.7. The van der Waals surface area contributed by atoms with Crippen molar-refractivity contribution >= 4 is 16.9 Å². The highest BCUT2D eigenvalue weighted by atomic mass is 32.2. The van der Waals surface area contributed by atoms with Gasteiger partial charge in [-0.25, -0.2) is 0 Å². The van der Waals surface area contributed by atoms with E-state index in [1.807, 2.05) is 24.3 Å². The summed E-state index contributed by atoms with van der Waals surface area (Å²) in [6.07, 6.45) is 2.16. The average molecular weight is 195 g/mol. The predicted octanol–water partition coefficient (Wildman–Crippen LogP) is 2.00. The van der Waals surface area contributed by atoms with E-state index in [2.05, 4.69) is 5.32 Å². The van der Waals surface area contributed by atoms with E-state index in [9.17, 15) is 4.55 Å². The van der Waals surface area contributed by atoms with Gasteiger partial charge in [0.25, 0.3) is 0 Å². The third-order valence-electron chi connectivity index (χ3n) is 2.20. The summed E-state index contributed by atoms with van der Waals surface area (Å²) in [7, 11) is 0. The number of rotatable bonds is 0. The highest BCUT2D eigenvalue weighted by molar-refractivity contribution is 7.91. The molecule has 0 radical (unpaired) electrons. The zero-order chi connectivity index (χ0) is 9.10. The van der Waals surface area contributed by atoms with Crippen molar-refractivity contribution < 1.29 is 4.55 Å². The van der Waals surface area contributed by atoms with E-state index < -0.39 is 11.2 Å². The van der Waals surface area contributed by atoms with Crippen LogP contribution in [0.3, 0.4) is 0 Å². The van der Waals surface area contributed by atoms with Crippen LogP contribution in [0.1, 0.15) is 12.8 Å². The van der Waals surface area contributed by atoms with Gasteiger partial charge in [0.05, 0.1) is 5.69 Å². The zero-order valence-corrected chi connectivity index (χ0v) is 8.27. The molecule has 1 atom stereocenters. The van der Waals surface area contributed by atoms with Crippen LogP contribution in [0.5, 0.6) is 0 Å². The van der Waals surface area contributed by atoms with Crippen LogP contribution in [0.25, 0.3) is 0 Å². The van der Waals surface area contributed by atoms with E-state index in [1.54, 1.807) is 0 Å². The van der Waals surface area contributed by atoms with E-state index in [0.29, 0.717) is 0 Å². The van der Waals surface area contributed by atoms with Gasteiger partial charge in [0.1, 0.15) is 5.75 Å². The summed E-state index contributed by atoms with van der Waals surface area (Å²) in [4.78, 5) is 0.960. The number of para-hydroxylation sites is 1. The maximum atomic E-state index is 11.7. The second-order valence-corrected chi connectivity index (χ2v) is 4.72. The third kappa shape index (κ3) is 1.98. The molecule has 13 heavy (non-hydrogen) atoms. The fourth-order valence-electron chi connectivity index (χ4n) is 1.50. The Balaban J connectivity index is 2.31. The minimum absolute atomic E-state index is 0.804. The molecule has 3 heteroatoms. The van der Waals surface area contributed by atoms with Gasteiger partial charge < -0.3 is 9.87 Å². The molecule has 1 aromatic rings. The fourth-order valence-corrected chi connectivity index (χ4v) is 2.80. The van der Waals surface area contributed by atoms with E-state index >= 15 is 0 Å². The second kappa shape index (κ2) is 4.03. The first-order valence-electron chi connectivity index (χ1n) is 4.59. The van der Waals surface area contributed by atoms with Crippen LogP contribution in [-0.4, -0.2) is 16.9 Å². The Kier molecular flexibility index (Phi) is 2.76. The van der Waals surface area contributed by atoms with E-state index in [-0.39, 0.29) is 0 Å². The summed E-state index contributed by atoms with van der Waals surface area (Å²) in [6, 6.07) is 7.87. The molecule has 1 heterocycles. The first-order valence-corrected chi connectivity index (χ1v) is 5.91. The minimum atomic E-state index is -0.806. The second-order valence-electron chi connectivity index (χ2n) is 3.18. The molecular formula is C10H13NOS. The highest BCUT2D eigenvalue weighted by Gasteiger charge is 2.16. The predicted molar refractivity (Wildman–Crippen MR) is 55.4 cm³/mol. The Morgan fingerprint density at radius 3 is 3.00 bits per heavy atom. The lowest BCUT2D eigenvalue weighted by molar-refractivity contribution is 0.590. The van der Waals surface area contributed by atoms with E-state index in [1.165, 1.54) is 0 Å². The number of nitrogens with one attached hydrogen (secondary N) is 1. The molecule has 1 N–H and O–H groups in total. The Morgan fingerprint density at radius 2 is 2.08 bits per heavy atom. The quantitative estimate of drug-likeness (QED) is 0.643. The first-order chi connectivity index (χ1) is 6.38. The van der Waals surface area contributed by atoms with Crippen molar-refractivity contribution in [2.75, 3.05) is 17.6 Å². The summed E-state index contributed by atoms with van der Waals surface area (Å²) in [5.41, 5.74) is 1.04. The van der Waals surface area contributed by atoms with Crippen molar-refractivity contribution in [2.24, 2.45) is 0 Å². The molecule has 0 saturated carbocycles. The summed E-state index contributed by atoms with van der Waals surface area (Å²) in [6.45, 7) is 0.994. The standard InChI is InChI=1S/C10H13NOS/c12-13-8-4-3-7-11-9-5-1-2-6-10(9)13/h1-2,5-6,11H,3-4,7-8H2. The number of anilines is 1. The Morgan fingerprint density at radius 1 is 1.23 bits per heavy atom. The number of benzene rings is 1. The van der Waals surface area contributed by atoms with Gasteiger partial charge in [0.2, 0.25) is 0 Å². The molecule has 0 aliphatic carbocycles. The van der Waals surface area contributed by atoms with Crippen LogP contribution in [-0.2, 0) is 11.2 Å². The monoisotopic (exact) mass is 195 g/mol. The molecule has 0 spiro atoms. The lowest BCUT2D eigenvalue weighted by Gasteiger charge is -2.18. The number of hydrogen-bond acceptors (Lipinski definition) is 2. The van der Waals surface area contributed by atoms with Crippen LogP contribution in [0, 0.1) is 0 Å². The molecule has 0 bridgehead atoms. The molecule has 70 valence electrons. The van der Waals surface area contributed by atoms with Gasteiger partial charge in [0.15, 0.2) is 4.90 Å². The molecule has 1 aliphatic rings. The average Bonchev–Trinajstić information content (AvgIpc) is 2.14. The summed E-state index contributed by atoms with van der Waals surface area (Å²) in [5.74, 6) is 0.804. The van der Waals surface area contributed by atoms with Gasteiger partial charge in [-0.3, -0.25) is 0 Å². The molecule has 0 aromatic heterocycles. The van der Waals surface area contributed by atoms with Gasteiger partial charge in [0, 0.05) is 6.54 Å². The normalized spacial score (nSPS) is 22.4. The third-order valence-corrected chi connectivity index (χ3v) is 3.71. The first kappa shape index (κ1) is 8.91. The van der Waals surface area contributed by atoms with Crippen LogP contribution >= 0.6 is 0 Å². The zero-order valence-electron chi connectivity index (χ0n) is 7.45. The number of hydrogen-bond donors (Lipinski definition) is 1. The Hall–Kier alpha value is -0.670. The van der Waals surface area contributed by atoms with Gasteiger partial charge in [-0.2, -0.15) is 0 Å². The Bertz CT molecular complexity index is 290. The molecule has 2 rings (SSSR count). The van der Waals surface area contributed by atoms with Crippen LogP contribution in [0.15, 0.2) is 29.2 Å². The summed E-state index contributed by atoms with van der Waals surface area (Å²) in [5, 5.41) is 3.30. The van der Waals surface area contributed by atoms with Crippen molar-refractivity contribution in [3.63, 3.8) is 0 Å². The van der Waals surface area contributed by atoms with Gasteiger partial charge >= 0.3 is 0 Å². The molecular weight excluding hydrogens is 182 g/mol. The smallest absolute Gasteiger partial charge is 0.175 e. The van der Waals surface area contributed by atoms with Crippen molar-refractivity contribution in [2.45, 2.75) is 17.7 Å². The summed E-state index contributed by atoms with van der Waals surface area (Å²) < 4.78 is 11.7.